The molecule has 6 heteroatoms. The fourth-order valence-corrected chi connectivity index (χ4v) is 10.6. The summed E-state index contributed by atoms with van der Waals surface area (Å²) in [5, 5.41) is 0. The smallest absolute Gasteiger partial charge is 0.389 e. The van der Waals surface area contributed by atoms with Crippen LogP contribution in [0.1, 0.15) is 95.1 Å². The molecule has 3 fully saturated rings. The van der Waals surface area contributed by atoms with Gasteiger partial charge in [-0.05, 0) is 64.5 Å². The van der Waals surface area contributed by atoms with Crippen LogP contribution in [0.15, 0.2) is 60.7 Å². The van der Waals surface area contributed by atoms with Gasteiger partial charge in [-0.2, -0.15) is 0 Å². The predicted octanol–water partition coefficient (Wildman–Crippen LogP) is 7.76. The molecule has 3 aliphatic rings. The van der Waals surface area contributed by atoms with Crippen LogP contribution >= 0.6 is 7.29 Å². The first kappa shape index (κ1) is 24.3. The molecule has 2 atom stereocenters. The van der Waals surface area contributed by atoms with Gasteiger partial charge in [-0.25, -0.2) is 4.58 Å². The topological polar surface area (TPSA) is 38.8 Å². The SMILES string of the molecule is CC1(C)OB(N(C2CCCCC2)P2(=O)[C@H](c3ccccc3)CC[C@H]2c2ccccc2)OC1(C)C. The fraction of sp³-hybridized carbons (Fsp3) is 0.571. The monoisotopic (exact) mass is 479 g/mol. The van der Waals surface area contributed by atoms with E-state index in [1.807, 2.05) is 12.1 Å². The summed E-state index contributed by atoms with van der Waals surface area (Å²) in [4.78, 5) is 0. The van der Waals surface area contributed by atoms with E-state index in [4.69, 9.17) is 9.31 Å². The highest BCUT2D eigenvalue weighted by Gasteiger charge is 2.62. The summed E-state index contributed by atoms with van der Waals surface area (Å²) < 4.78 is 31.4. The number of nitrogens with zero attached hydrogens (tertiary/aromatic N) is 1. The van der Waals surface area contributed by atoms with E-state index in [2.05, 4.69) is 80.8 Å². The van der Waals surface area contributed by atoms with Crippen LogP contribution in [-0.4, -0.2) is 29.1 Å². The Morgan fingerprint density at radius 2 is 1.18 bits per heavy atom. The lowest BCUT2D eigenvalue weighted by Gasteiger charge is -2.44. The normalized spacial score (nSPS) is 28.4. The second-order valence-electron chi connectivity index (χ2n) is 11.3. The Morgan fingerprint density at radius 1 is 0.735 bits per heavy atom. The number of hydrogen-bond acceptors (Lipinski definition) is 3. The molecule has 2 aromatic rings. The van der Waals surface area contributed by atoms with Crippen molar-refractivity contribution < 1.29 is 13.9 Å². The minimum atomic E-state index is -2.99. The minimum Gasteiger partial charge on any atom is -0.389 e. The van der Waals surface area contributed by atoms with Crippen molar-refractivity contribution in [1.82, 2.24) is 4.58 Å². The van der Waals surface area contributed by atoms with Crippen LogP contribution in [0, 0.1) is 0 Å². The maximum absolute atomic E-state index is 15.9. The Bertz CT molecular complexity index is 955. The third kappa shape index (κ3) is 4.13. The summed E-state index contributed by atoms with van der Waals surface area (Å²) >= 11 is 0. The average Bonchev–Trinajstić information content (AvgIpc) is 3.27. The van der Waals surface area contributed by atoms with Crippen molar-refractivity contribution >= 4 is 14.5 Å². The highest BCUT2D eigenvalue weighted by atomic mass is 31.2. The molecule has 4 nitrogen and oxygen atoms in total. The zero-order valence-corrected chi connectivity index (χ0v) is 22.0. The summed E-state index contributed by atoms with van der Waals surface area (Å²) in [7, 11) is -3.58. The van der Waals surface area contributed by atoms with Crippen molar-refractivity contribution in [2.24, 2.45) is 0 Å². The molecule has 0 N–H and O–H groups in total. The molecule has 0 amide bonds. The molecule has 0 bridgehead atoms. The largest absolute Gasteiger partial charge is 0.564 e. The van der Waals surface area contributed by atoms with E-state index in [0.717, 1.165) is 25.7 Å². The van der Waals surface area contributed by atoms with Gasteiger partial charge in [0, 0.05) is 6.04 Å². The number of hydrogen-bond donors (Lipinski definition) is 0. The van der Waals surface area contributed by atoms with E-state index in [0.29, 0.717) is 0 Å². The van der Waals surface area contributed by atoms with Crippen LogP contribution in [0.25, 0.3) is 0 Å². The molecule has 34 heavy (non-hydrogen) atoms. The van der Waals surface area contributed by atoms with Gasteiger partial charge in [0.25, 0.3) is 0 Å². The molecule has 2 aromatic carbocycles. The first-order valence-electron chi connectivity index (χ1n) is 13.1. The number of rotatable bonds is 5. The molecule has 1 aliphatic carbocycles. The molecule has 0 aromatic heterocycles. The second kappa shape index (κ2) is 9.24. The van der Waals surface area contributed by atoms with Crippen LogP contribution in [0.4, 0.5) is 0 Å². The molecular weight excluding hydrogens is 440 g/mol. The maximum atomic E-state index is 15.9. The first-order valence-corrected chi connectivity index (χ1v) is 14.9. The molecule has 182 valence electrons. The lowest BCUT2D eigenvalue weighted by Crippen LogP contribution is -2.48. The van der Waals surface area contributed by atoms with Crippen LogP contribution < -0.4 is 0 Å². The highest BCUT2D eigenvalue weighted by Crippen LogP contribution is 2.79. The summed E-state index contributed by atoms with van der Waals surface area (Å²) in [6.45, 7) is 8.39. The van der Waals surface area contributed by atoms with Crippen LogP contribution in [0.3, 0.4) is 0 Å². The molecule has 1 saturated carbocycles. The Labute approximate surface area is 206 Å². The Kier molecular flexibility index (Phi) is 6.61. The molecule has 2 saturated heterocycles. The van der Waals surface area contributed by atoms with Crippen molar-refractivity contribution in [2.75, 3.05) is 0 Å². The molecular formula is C28H39BNO3P. The van der Waals surface area contributed by atoms with Gasteiger partial charge in [-0.15, -0.1) is 0 Å². The minimum absolute atomic E-state index is 0.0140. The molecule has 2 heterocycles. The maximum Gasteiger partial charge on any atom is 0.564 e. The van der Waals surface area contributed by atoms with Crippen LogP contribution in [0.2, 0.25) is 0 Å². The fourth-order valence-electron chi connectivity index (χ4n) is 6.18. The second-order valence-corrected chi connectivity index (χ2v) is 14.4. The summed E-state index contributed by atoms with van der Waals surface area (Å²) in [5.74, 6) is 0. The summed E-state index contributed by atoms with van der Waals surface area (Å²) in [6, 6.07) is 21.3. The quantitative estimate of drug-likeness (QED) is 0.325. The zero-order chi connectivity index (χ0) is 24.0. The predicted molar refractivity (Wildman–Crippen MR) is 140 cm³/mol. The van der Waals surface area contributed by atoms with Gasteiger partial charge in [0.05, 0.1) is 22.5 Å². The van der Waals surface area contributed by atoms with Crippen LogP contribution in [-0.2, 0) is 13.9 Å². The van der Waals surface area contributed by atoms with Gasteiger partial charge in [-0.1, -0.05) is 79.9 Å². The summed E-state index contributed by atoms with van der Waals surface area (Å²) in [6.07, 6.45) is 7.54. The average molecular weight is 479 g/mol. The van der Waals surface area contributed by atoms with E-state index in [1.54, 1.807) is 0 Å². The van der Waals surface area contributed by atoms with Gasteiger partial charge < -0.3 is 13.9 Å². The van der Waals surface area contributed by atoms with E-state index < -0.39 is 25.7 Å². The third-order valence-electron chi connectivity index (χ3n) is 8.74. The van der Waals surface area contributed by atoms with E-state index in [-0.39, 0.29) is 17.4 Å². The van der Waals surface area contributed by atoms with E-state index >= 15 is 4.57 Å². The van der Waals surface area contributed by atoms with Crippen molar-refractivity contribution in [1.29, 1.82) is 0 Å². The van der Waals surface area contributed by atoms with Crippen molar-refractivity contribution in [3.05, 3.63) is 71.8 Å². The van der Waals surface area contributed by atoms with E-state index in [1.165, 1.54) is 30.4 Å². The summed E-state index contributed by atoms with van der Waals surface area (Å²) in [5.41, 5.74) is 1.41. The van der Waals surface area contributed by atoms with Gasteiger partial charge in [-0.3, -0.25) is 0 Å². The zero-order valence-electron chi connectivity index (χ0n) is 21.2. The Balaban J connectivity index is 1.65. The standard InChI is InChI=1S/C28H39BNO3P/c1-27(2)28(3,4)33-29(32-27)30(24-18-12-7-13-19-24)34(31)25(22-14-8-5-9-15-22)20-21-26(34)23-16-10-6-11-17-23/h5-6,8-11,14-17,24-26H,7,12-13,18-21H2,1-4H3/t25-,26-/m0/s1. The third-order valence-corrected chi connectivity index (χ3v) is 12.9. The first-order chi connectivity index (χ1) is 16.2. The highest BCUT2D eigenvalue weighted by molar-refractivity contribution is 7.64. The molecule has 5 rings (SSSR count). The van der Waals surface area contributed by atoms with Crippen molar-refractivity contribution in [3.63, 3.8) is 0 Å². The lowest BCUT2D eigenvalue weighted by molar-refractivity contribution is 0.00578. The van der Waals surface area contributed by atoms with Gasteiger partial charge in [0.1, 0.15) is 0 Å². The lowest BCUT2D eigenvalue weighted by atomic mass is 9.90. The van der Waals surface area contributed by atoms with Gasteiger partial charge in [0.15, 0.2) is 7.29 Å². The number of benzene rings is 2. The van der Waals surface area contributed by atoms with Crippen molar-refractivity contribution in [3.8, 4) is 0 Å². The Hall–Kier alpha value is -1.39. The van der Waals surface area contributed by atoms with Crippen molar-refractivity contribution in [2.45, 2.75) is 101 Å². The van der Waals surface area contributed by atoms with Crippen LogP contribution in [0.5, 0.6) is 0 Å². The molecule has 0 unspecified atom stereocenters. The Morgan fingerprint density at radius 3 is 1.62 bits per heavy atom. The van der Waals surface area contributed by atoms with Gasteiger partial charge in [0.2, 0.25) is 0 Å². The molecule has 2 aliphatic heterocycles. The van der Waals surface area contributed by atoms with Gasteiger partial charge >= 0.3 is 7.25 Å². The molecule has 0 spiro atoms. The van der Waals surface area contributed by atoms with E-state index in [9.17, 15) is 0 Å². The molecule has 0 radical (unpaired) electrons.